The predicted octanol–water partition coefficient (Wildman–Crippen LogP) is 4.77. The van der Waals surface area contributed by atoms with Crippen LogP contribution in [-0.2, 0) is 12.7 Å². The number of hydrogen-bond donors (Lipinski definition) is 0. The maximum absolute atomic E-state index is 13.1. The van der Waals surface area contributed by atoms with E-state index in [9.17, 15) is 17.6 Å². The van der Waals surface area contributed by atoms with Crippen LogP contribution in [0.15, 0.2) is 53.1 Å². The van der Waals surface area contributed by atoms with Gasteiger partial charge in [-0.3, -0.25) is 9.80 Å². The van der Waals surface area contributed by atoms with Crippen molar-refractivity contribution in [3.05, 3.63) is 71.4 Å². The van der Waals surface area contributed by atoms with Gasteiger partial charge in [-0.2, -0.15) is 18.2 Å². The topological polar surface area (TPSA) is 45.4 Å². The molecule has 3 aromatic rings. The fraction of sp³-hybridized carbons (Fsp3) is 0.364. The number of piperazine rings is 1. The van der Waals surface area contributed by atoms with Gasteiger partial charge in [0.15, 0.2) is 0 Å². The molecule has 0 spiro atoms. The number of halogens is 4. The minimum Gasteiger partial charge on any atom is -0.337 e. The molecule has 0 bridgehead atoms. The van der Waals surface area contributed by atoms with Gasteiger partial charge in [-0.15, -0.1) is 0 Å². The molecule has 0 radical (unpaired) electrons. The number of hydrogen-bond acceptors (Lipinski definition) is 5. The smallest absolute Gasteiger partial charge is 0.337 e. The quantitative estimate of drug-likeness (QED) is 0.541. The molecule has 2 heterocycles. The van der Waals surface area contributed by atoms with Gasteiger partial charge in [-0.25, -0.2) is 4.39 Å². The molecule has 0 aliphatic carbocycles. The van der Waals surface area contributed by atoms with Gasteiger partial charge in [0.1, 0.15) is 5.82 Å². The van der Waals surface area contributed by atoms with Crippen LogP contribution < -0.4 is 0 Å². The van der Waals surface area contributed by atoms with Crippen LogP contribution in [-0.4, -0.2) is 46.1 Å². The van der Waals surface area contributed by atoms with Crippen LogP contribution in [0.2, 0.25) is 0 Å². The Labute approximate surface area is 177 Å². The van der Waals surface area contributed by atoms with Gasteiger partial charge in [0, 0.05) is 38.3 Å². The minimum absolute atomic E-state index is 0.142. The van der Waals surface area contributed by atoms with Crippen LogP contribution in [0.25, 0.3) is 11.4 Å². The normalized spacial score (nSPS) is 17.1. The van der Waals surface area contributed by atoms with Crippen molar-refractivity contribution in [2.75, 3.05) is 26.2 Å². The van der Waals surface area contributed by atoms with Gasteiger partial charge in [-0.05, 0) is 36.8 Å². The molecule has 9 heteroatoms. The van der Waals surface area contributed by atoms with Crippen LogP contribution in [0, 0.1) is 5.82 Å². The first kappa shape index (κ1) is 21.5. The number of alkyl halides is 3. The molecule has 1 aromatic heterocycles. The highest BCUT2D eigenvalue weighted by molar-refractivity contribution is 5.55. The molecule has 1 atom stereocenters. The van der Waals surface area contributed by atoms with E-state index in [0.717, 1.165) is 50.4 Å². The Balaban J connectivity index is 1.37. The summed E-state index contributed by atoms with van der Waals surface area (Å²) in [5.41, 5.74) is 0.577. The lowest BCUT2D eigenvalue weighted by Gasteiger charge is -2.36. The van der Waals surface area contributed by atoms with Crippen LogP contribution >= 0.6 is 0 Å². The van der Waals surface area contributed by atoms with Gasteiger partial charge < -0.3 is 4.52 Å². The van der Waals surface area contributed by atoms with Crippen molar-refractivity contribution in [2.24, 2.45) is 0 Å². The molecule has 0 saturated carbocycles. The van der Waals surface area contributed by atoms with Gasteiger partial charge >= 0.3 is 6.18 Å². The number of benzene rings is 2. The monoisotopic (exact) mass is 434 g/mol. The Bertz CT molecular complexity index is 1010. The average Bonchev–Trinajstić information content (AvgIpc) is 3.25. The zero-order chi connectivity index (χ0) is 22.0. The first-order valence-corrected chi connectivity index (χ1v) is 10.0. The highest BCUT2D eigenvalue weighted by atomic mass is 19.4. The molecule has 5 nitrogen and oxygen atoms in total. The van der Waals surface area contributed by atoms with E-state index in [1.807, 2.05) is 6.92 Å². The lowest BCUT2D eigenvalue weighted by Crippen LogP contribution is -2.46. The first-order valence-electron chi connectivity index (χ1n) is 10.0. The Morgan fingerprint density at radius 2 is 1.74 bits per heavy atom. The standard InChI is InChI=1S/C22H22F4N4O/c1-15(30-11-9-29(10-12-30)14-16-5-7-19(23)8-6-16)21-27-20(28-31-21)17-3-2-4-18(13-17)22(24,25)26/h2-8,13,15H,9-12,14H2,1H3. The summed E-state index contributed by atoms with van der Waals surface area (Å²) in [6, 6.07) is 11.2. The zero-order valence-electron chi connectivity index (χ0n) is 16.9. The maximum Gasteiger partial charge on any atom is 0.416 e. The summed E-state index contributed by atoms with van der Waals surface area (Å²) >= 11 is 0. The SMILES string of the molecule is CC(c1nc(-c2cccc(C(F)(F)F)c2)no1)N1CCN(Cc2ccc(F)cc2)CC1. The third kappa shape index (κ3) is 5.11. The van der Waals surface area contributed by atoms with E-state index in [1.54, 1.807) is 12.1 Å². The second kappa shape index (κ2) is 8.76. The second-order valence-electron chi connectivity index (χ2n) is 7.65. The van der Waals surface area contributed by atoms with Gasteiger partial charge in [0.05, 0.1) is 11.6 Å². The van der Waals surface area contributed by atoms with Crippen LogP contribution in [0.5, 0.6) is 0 Å². The number of rotatable bonds is 5. The molecule has 31 heavy (non-hydrogen) atoms. The Morgan fingerprint density at radius 3 is 2.42 bits per heavy atom. The van der Waals surface area contributed by atoms with Crippen LogP contribution in [0.1, 0.15) is 30.0 Å². The molecule has 0 N–H and O–H groups in total. The molecular formula is C22H22F4N4O. The molecule has 164 valence electrons. The summed E-state index contributed by atoms with van der Waals surface area (Å²) in [7, 11) is 0. The van der Waals surface area contributed by atoms with Crippen molar-refractivity contribution in [2.45, 2.75) is 25.7 Å². The molecular weight excluding hydrogens is 412 g/mol. The summed E-state index contributed by atoms with van der Waals surface area (Å²) in [5.74, 6) is 0.272. The summed E-state index contributed by atoms with van der Waals surface area (Å²) < 4.78 is 57.3. The van der Waals surface area contributed by atoms with Gasteiger partial charge in [0.25, 0.3) is 0 Å². The third-order valence-corrected chi connectivity index (χ3v) is 5.52. The zero-order valence-corrected chi connectivity index (χ0v) is 16.9. The van der Waals surface area contributed by atoms with E-state index in [0.29, 0.717) is 5.89 Å². The summed E-state index contributed by atoms with van der Waals surface area (Å²) in [6.07, 6.45) is -4.43. The number of aromatic nitrogens is 2. The van der Waals surface area contributed by atoms with Gasteiger partial charge in [0.2, 0.25) is 11.7 Å². The highest BCUT2D eigenvalue weighted by Crippen LogP contribution is 2.32. The lowest BCUT2D eigenvalue weighted by atomic mass is 10.1. The fourth-order valence-corrected chi connectivity index (χ4v) is 3.67. The van der Waals surface area contributed by atoms with E-state index in [2.05, 4.69) is 19.9 Å². The van der Waals surface area contributed by atoms with Crippen molar-refractivity contribution in [1.29, 1.82) is 0 Å². The van der Waals surface area contributed by atoms with E-state index in [1.165, 1.54) is 24.3 Å². The molecule has 2 aromatic carbocycles. The van der Waals surface area contributed by atoms with E-state index >= 15 is 0 Å². The molecule has 1 saturated heterocycles. The molecule has 0 amide bonds. The minimum atomic E-state index is -4.43. The van der Waals surface area contributed by atoms with Crippen molar-refractivity contribution in [3.63, 3.8) is 0 Å². The first-order chi connectivity index (χ1) is 14.8. The summed E-state index contributed by atoms with van der Waals surface area (Å²) in [5, 5.41) is 3.88. The predicted molar refractivity (Wildman–Crippen MR) is 106 cm³/mol. The van der Waals surface area contributed by atoms with Crippen molar-refractivity contribution < 1.29 is 22.1 Å². The second-order valence-corrected chi connectivity index (χ2v) is 7.65. The van der Waals surface area contributed by atoms with E-state index in [-0.39, 0.29) is 23.2 Å². The lowest BCUT2D eigenvalue weighted by molar-refractivity contribution is -0.137. The van der Waals surface area contributed by atoms with E-state index < -0.39 is 11.7 Å². The largest absolute Gasteiger partial charge is 0.416 e. The summed E-state index contributed by atoms with van der Waals surface area (Å²) in [4.78, 5) is 8.83. The van der Waals surface area contributed by atoms with Gasteiger partial charge in [-0.1, -0.05) is 29.4 Å². The fourth-order valence-electron chi connectivity index (χ4n) is 3.67. The van der Waals surface area contributed by atoms with Crippen LogP contribution in [0.4, 0.5) is 17.6 Å². The van der Waals surface area contributed by atoms with E-state index in [4.69, 9.17) is 4.52 Å². The Hall–Kier alpha value is -2.78. The Morgan fingerprint density at radius 1 is 1.03 bits per heavy atom. The maximum atomic E-state index is 13.1. The molecule has 1 unspecified atom stereocenters. The van der Waals surface area contributed by atoms with Crippen molar-refractivity contribution >= 4 is 0 Å². The van der Waals surface area contributed by atoms with Crippen LogP contribution in [0.3, 0.4) is 0 Å². The number of nitrogens with zero attached hydrogens (tertiary/aromatic N) is 4. The molecule has 1 fully saturated rings. The Kier molecular flexibility index (Phi) is 6.06. The van der Waals surface area contributed by atoms with Crippen molar-refractivity contribution in [3.8, 4) is 11.4 Å². The van der Waals surface area contributed by atoms with Crippen molar-refractivity contribution in [1.82, 2.24) is 19.9 Å². The highest BCUT2D eigenvalue weighted by Gasteiger charge is 2.31. The molecule has 4 rings (SSSR count). The third-order valence-electron chi connectivity index (χ3n) is 5.52. The average molecular weight is 434 g/mol. The molecule has 1 aliphatic heterocycles. The molecule has 1 aliphatic rings. The summed E-state index contributed by atoms with van der Waals surface area (Å²) in [6.45, 7) is 5.92.